The zero-order valence-electron chi connectivity index (χ0n) is 13.2. The molecule has 0 bridgehead atoms. The van der Waals surface area contributed by atoms with E-state index in [0.29, 0.717) is 11.5 Å². The van der Waals surface area contributed by atoms with Crippen molar-refractivity contribution in [2.45, 2.75) is 70.9 Å². The normalized spacial score (nSPS) is 24.2. The average Bonchev–Trinajstić information content (AvgIpc) is 3.18. The van der Waals surface area contributed by atoms with Gasteiger partial charge in [-0.25, -0.2) is 12.7 Å². The second kappa shape index (κ2) is 6.32. The number of nitrogens with zero attached hydrogens (tertiary/aromatic N) is 1. The minimum Gasteiger partial charge on any atom is -0.314 e. The second-order valence-corrected chi connectivity index (χ2v) is 9.46. The molecule has 0 atom stereocenters. The largest absolute Gasteiger partial charge is 0.314 e. The number of hydrogen-bond donors (Lipinski definition) is 1. The molecule has 4 nitrogen and oxygen atoms in total. The first-order chi connectivity index (χ1) is 9.30. The predicted octanol–water partition coefficient (Wildman–Crippen LogP) is 2.36. The molecule has 0 aromatic rings. The maximum atomic E-state index is 12.3. The van der Waals surface area contributed by atoms with Crippen molar-refractivity contribution in [3.8, 4) is 0 Å². The van der Waals surface area contributed by atoms with Gasteiger partial charge in [0, 0.05) is 19.1 Å². The third-order valence-electron chi connectivity index (χ3n) is 4.85. The Hall–Kier alpha value is -0.130. The lowest BCUT2D eigenvalue weighted by molar-refractivity contribution is 0.174. The van der Waals surface area contributed by atoms with Crippen LogP contribution in [0.2, 0.25) is 0 Å². The zero-order chi connectivity index (χ0) is 14.8. The molecule has 0 aromatic carbocycles. The highest BCUT2D eigenvalue weighted by molar-refractivity contribution is 7.89. The maximum Gasteiger partial charge on any atom is 0.214 e. The first-order valence-corrected chi connectivity index (χ1v) is 9.60. The van der Waals surface area contributed by atoms with Crippen LogP contribution >= 0.6 is 0 Å². The molecule has 0 aromatic heterocycles. The van der Waals surface area contributed by atoms with Gasteiger partial charge in [-0.3, -0.25) is 0 Å². The monoisotopic (exact) mass is 302 g/mol. The molecule has 20 heavy (non-hydrogen) atoms. The van der Waals surface area contributed by atoms with Crippen LogP contribution in [-0.2, 0) is 10.0 Å². The highest BCUT2D eigenvalue weighted by Gasteiger charge is 2.33. The average molecular weight is 302 g/mol. The number of nitrogens with one attached hydrogen (secondary N) is 1. The van der Waals surface area contributed by atoms with E-state index in [0.717, 1.165) is 38.6 Å². The zero-order valence-corrected chi connectivity index (χ0v) is 14.0. The van der Waals surface area contributed by atoms with Gasteiger partial charge in [0.05, 0.1) is 5.75 Å². The lowest BCUT2D eigenvalue weighted by atomic mass is 9.76. The molecule has 5 heteroatoms. The molecule has 2 aliphatic rings. The first kappa shape index (κ1) is 16.2. The molecule has 0 spiro atoms. The summed E-state index contributed by atoms with van der Waals surface area (Å²) in [6.07, 6.45) is 7.49. The Morgan fingerprint density at radius 1 is 1.15 bits per heavy atom. The van der Waals surface area contributed by atoms with Crippen molar-refractivity contribution >= 4 is 10.0 Å². The van der Waals surface area contributed by atoms with Crippen LogP contribution < -0.4 is 5.32 Å². The molecule has 118 valence electrons. The Kier molecular flexibility index (Phi) is 5.14. The van der Waals surface area contributed by atoms with E-state index in [2.05, 4.69) is 19.2 Å². The molecule has 0 radical (unpaired) electrons. The summed E-state index contributed by atoms with van der Waals surface area (Å²) in [5, 5.41) is 3.38. The van der Waals surface area contributed by atoms with Crippen molar-refractivity contribution in [2.75, 3.05) is 19.3 Å². The predicted molar refractivity (Wildman–Crippen MR) is 83.2 cm³/mol. The van der Waals surface area contributed by atoms with E-state index < -0.39 is 10.0 Å². The molecule has 0 aliphatic heterocycles. The van der Waals surface area contributed by atoms with E-state index in [-0.39, 0.29) is 11.8 Å². The molecule has 2 fully saturated rings. The minimum atomic E-state index is -3.08. The van der Waals surface area contributed by atoms with Gasteiger partial charge in [-0.2, -0.15) is 0 Å². The summed E-state index contributed by atoms with van der Waals surface area (Å²) in [4.78, 5) is 0. The van der Waals surface area contributed by atoms with Crippen molar-refractivity contribution in [1.29, 1.82) is 0 Å². The van der Waals surface area contributed by atoms with E-state index in [4.69, 9.17) is 0 Å². The van der Waals surface area contributed by atoms with E-state index in [1.165, 1.54) is 12.8 Å². The quantitative estimate of drug-likeness (QED) is 0.735. The highest BCUT2D eigenvalue weighted by atomic mass is 32.2. The molecular formula is C15H30N2O2S. The summed E-state index contributed by atoms with van der Waals surface area (Å²) < 4.78 is 26.4. The van der Waals surface area contributed by atoms with E-state index in [9.17, 15) is 8.42 Å². The molecule has 0 saturated heterocycles. The van der Waals surface area contributed by atoms with Gasteiger partial charge in [-0.05, 0) is 56.9 Å². The van der Waals surface area contributed by atoms with Crippen molar-refractivity contribution < 1.29 is 8.42 Å². The fourth-order valence-electron chi connectivity index (χ4n) is 2.97. The number of sulfonamides is 1. The van der Waals surface area contributed by atoms with E-state index in [1.807, 2.05) is 0 Å². The Morgan fingerprint density at radius 3 is 2.30 bits per heavy atom. The lowest BCUT2D eigenvalue weighted by Gasteiger charge is -2.38. The summed E-state index contributed by atoms with van der Waals surface area (Å²) in [6.45, 7) is 5.39. The van der Waals surface area contributed by atoms with Crippen molar-refractivity contribution in [2.24, 2.45) is 5.41 Å². The van der Waals surface area contributed by atoms with Crippen LogP contribution in [0, 0.1) is 5.41 Å². The Balaban J connectivity index is 1.75. The SMILES string of the molecule is CN(C1CCC(C)(C)CC1)S(=O)(=O)CCCNC1CC1. The van der Waals surface area contributed by atoms with Gasteiger partial charge in [-0.15, -0.1) is 0 Å². The van der Waals surface area contributed by atoms with Gasteiger partial charge < -0.3 is 5.32 Å². The summed E-state index contributed by atoms with van der Waals surface area (Å²) in [7, 11) is -1.31. The molecule has 0 heterocycles. The first-order valence-electron chi connectivity index (χ1n) is 7.99. The summed E-state index contributed by atoms with van der Waals surface area (Å²) in [5.74, 6) is 0.281. The van der Waals surface area contributed by atoms with Crippen molar-refractivity contribution in [3.05, 3.63) is 0 Å². The van der Waals surface area contributed by atoms with E-state index >= 15 is 0 Å². The van der Waals surface area contributed by atoms with Crippen LogP contribution in [0.4, 0.5) is 0 Å². The van der Waals surface area contributed by atoms with Crippen LogP contribution in [0.3, 0.4) is 0 Å². The topological polar surface area (TPSA) is 49.4 Å². The van der Waals surface area contributed by atoms with Crippen LogP contribution in [0.5, 0.6) is 0 Å². The molecule has 0 amide bonds. The van der Waals surface area contributed by atoms with Gasteiger partial charge in [-0.1, -0.05) is 13.8 Å². The lowest BCUT2D eigenvalue weighted by Crippen LogP contribution is -2.42. The fourth-order valence-corrected chi connectivity index (χ4v) is 4.43. The van der Waals surface area contributed by atoms with Gasteiger partial charge in [0.25, 0.3) is 0 Å². The molecule has 0 unspecified atom stereocenters. The molecular weight excluding hydrogens is 272 g/mol. The van der Waals surface area contributed by atoms with E-state index in [1.54, 1.807) is 11.4 Å². The minimum absolute atomic E-state index is 0.212. The second-order valence-electron chi connectivity index (χ2n) is 7.31. The van der Waals surface area contributed by atoms with Gasteiger partial charge in [0.1, 0.15) is 0 Å². The summed E-state index contributed by atoms with van der Waals surface area (Å²) >= 11 is 0. The molecule has 1 N–H and O–H groups in total. The Labute approximate surface area is 124 Å². The Bertz CT molecular complexity index is 406. The number of hydrogen-bond acceptors (Lipinski definition) is 3. The van der Waals surface area contributed by atoms with Gasteiger partial charge in [0.2, 0.25) is 10.0 Å². The Morgan fingerprint density at radius 2 is 1.75 bits per heavy atom. The summed E-state index contributed by atoms with van der Waals surface area (Å²) in [6, 6.07) is 0.875. The fraction of sp³-hybridized carbons (Fsp3) is 1.00. The number of rotatable bonds is 7. The molecule has 2 aliphatic carbocycles. The molecule has 2 rings (SSSR count). The maximum absolute atomic E-state index is 12.3. The summed E-state index contributed by atoms with van der Waals surface area (Å²) in [5.41, 5.74) is 0.384. The third-order valence-corrected chi connectivity index (χ3v) is 6.83. The molecule has 2 saturated carbocycles. The van der Waals surface area contributed by atoms with Crippen molar-refractivity contribution in [1.82, 2.24) is 9.62 Å². The highest BCUT2D eigenvalue weighted by Crippen LogP contribution is 2.37. The van der Waals surface area contributed by atoms with Crippen LogP contribution in [0.15, 0.2) is 0 Å². The third kappa shape index (κ3) is 4.71. The van der Waals surface area contributed by atoms with Crippen LogP contribution in [0.1, 0.15) is 58.8 Å². The smallest absolute Gasteiger partial charge is 0.214 e. The van der Waals surface area contributed by atoms with Crippen molar-refractivity contribution in [3.63, 3.8) is 0 Å². The van der Waals surface area contributed by atoms with Gasteiger partial charge >= 0.3 is 0 Å². The van der Waals surface area contributed by atoms with Gasteiger partial charge in [0.15, 0.2) is 0 Å². The standard InChI is InChI=1S/C15H30N2O2S/c1-15(2)9-7-14(8-10-15)17(3)20(18,19)12-4-11-16-13-5-6-13/h13-14,16H,4-12H2,1-3H3. The van der Waals surface area contributed by atoms with Crippen LogP contribution in [0.25, 0.3) is 0 Å². The van der Waals surface area contributed by atoms with Crippen LogP contribution in [-0.4, -0.2) is 44.2 Å².